The van der Waals surface area contributed by atoms with Crippen LogP contribution in [0.25, 0.3) is 11.1 Å². The second kappa shape index (κ2) is 11.0. The van der Waals surface area contributed by atoms with Crippen molar-refractivity contribution >= 4 is 11.7 Å². The van der Waals surface area contributed by atoms with E-state index in [-0.39, 0.29) is 23.8 Å². The van der Waals surface area contributed by atoms with Crippen molar-refractivity contribution in [1.29, 1.82) is 0 Å². The van der Waals surface area contributed by atoms with E-state index >= 15 is 0 Å². The Morgan fingerprint density at radius 1 is 1.08 bits per heavy atom. The van der Waals surface area contributed by atoms with Gasteiger partial charge in [0.1, 0.15) is 11.5 Å². The molecule has 2 saturated heterocycles. The maximum Gasteiger partial charge on any atom is 0.337 e. The number of hydrogen-bond acceptors (Lipinski definition) is 8. The fourth-order valence-electron chi connectivity index (χ4n) is 10.2. The highest BCUT2D eigenvalue weighted by molar-refractivity contribution is 6.14. The summed E-state index contributed by atoms with van der Waals surface area (Å²) >= 11 is 0. The molecule has 258 valence electrons. The highest BCUT2D eigenvalue weighted by atomic mass is 16.5. The molecule has 2 aromatic carbocycles. The largest absolute Gasteiger partial charge is 0.509 e. The van der Waals surface area contributed by atoms with Gasteiger partial charge in [0.15, 0.2) is 5.60 Å². The predicted molar refractivity (Wildman–Crippen MR) is 189 cm³/mol. The average Bonchev–Trinajstić information content (AvgIpc) is 3.58. The molecule has 2 bridgehead atoms. The van der Waals surface area contributed by atoms with Crippen LogP contribution in [0.4, 0.5) is 4.79 Å². The lowest BCUT2D eigenvalue weighted by atomic mass is 9.50. The number of nitrogens with zero attached hydrogens (tertiary/aromatic N) is 4. The van der Waals surface area contributed by atoms with Crippen LogP contribution in [0.3, 0.4) is 0 Å². The molecule has 0 saturated carbocycles. The fourth-order valence-corrected chi connectivity index (χ4v) is 10.2. The Kier molecular flexibility index (Phi) is 6.92. The SMILES string of the molecule is CNC(=O)N1N=C(c2ccc(-c3c(C)noc3C)cc2)c2cc(C34O[C@H]5[C@@H](O)C=C[C@H]6[C@H]7CC(=C3[C@]65CCN7C)CC=C4O)ccc2C[C@H]1C. The van der Waals surface area contributed by atoms with Gasteiger partial charge in [-0.2, -0.15) is 5.10 Å². The maximum atomic E-state index is 13.2. The van der Waals surface area contributed by atoms with Crippen LogP contribution in [0.1, 0.15) is 59.9 Å². The molecule has 1 spiro atoms. The van der Waals surface area contributed by atoms with Gasteiger partial charge >= 0.3 is 6.03 Å². The first-order valence-electron chi connectivity index (χ1n) is 17.7. The van der Waals surface area contributed by atoms with Gasteiger partial charge in [0.2, 0.25) is 0 Å². The standard InChI is InChI=1S/C40H43N5O5/c1-21-18-26-10-12-28(20-29(26)35(42-45(21)38(48)41-4)25-8-6-24(7-9-25)34-22(2)43-50-23(34)3)40-33(47)15-11-27-19-31-30-13-14-32(46)37(49-40)39(30,36(27)40)16-17-44(31)5/h6-10,12-15,20-21,30-32,37,46-47H,11,16-19H2,1-5H3,(H,41,48)/t21-,30+,31-,32+,37+,39+,40?/m1/s1. The van der Waals surface area contributed by atoms with Crippen molar-refractivity contribution in [2.75, 3.05) is 20.6 Å². The van der Waals surface area contributed by atoms with Gasteiger partial charge in [-0.05, 0) is 94.5 Å². The molecule has 10 nitrogen and oxygen atoms in total. The molecule has 4 heterocycles. The van der Waals surface area contributed by atoms with Gasteiger partial charge in [-0.25, -0.2) is 9.80 Å². The van der Waals surface area contributed by atoms with Gasteiger partial charge in [-0.1, -0.05) is 59.3 Å². The zero-order valence-corrected chi connectivity index (χ0v) is 29.1. The van der Waals surface area contributed by atoms with Crippen molar-refractivity contribution in [3.05, 3.63) is 111 Å². The minimum atomic E-state index is -1.23. The van der Waals surface area contributed by atoms with Crippen LogP contribution < -0.4 is 5.32 Å². The molecule has 1 aromatic heterocycles. The van der Waals surface area contributed by atoms with Crippen LogP contribution >= 0.6 is 0 Å². The van der Waals surface area contributed by atoms with Gasteiger partial charge in [-0.15, -0.1) is 0 Å². The summed E-state index contributed by atoms with van der Waals surface area (Å²) in [6.07, 6.45) is 7.75. The summed E-state index contributed by atoms with van der Waals surface area (Å²) in [6, 6.07) is 14.2. The Balaban J connectivity index is 1.23. The molecule has 2 fully saturated rings. The number of allylic oxidation sites excluding steroid dienone is 1. The molecule has 50 heavy (non-hydrogen) atoms. The Morgan fingerprint density at radius 3 is 2.60 bits per heavy atom. The summed E-state index contributed by atoms with van der Waals surface area (Å²) in [7, 11) is 3.82. The number of fused-ring (bicyclic) bond motifs is 1. The van der Waals surface area contributed by atoms with Crippen LogP contribution in [0.5, 0.6) is 0 Å². The summed E-state index contributed by atoms with van der Waals surface area (Å²) < 4.78 is 12.6. The van der Waals surface area contributed by atoms with Crippen molar-refractivity contribution in [3.63, 3.8) is 0 Å². The van der Waals surface area contributed by atoms with Gasteiger partial charge < -0.3 is 29.7 Å². The van der Waals surface area contributed by atoms with E-state index in [1.807, 2.05) is 57.2 Å². The summed E-state index contributed by atoms with van der Waals surface area (Å²) in [4.78, 5) is 15.7. The molecule has 10 heteroatoms. The van der Waals surface area contributed by atoms with E-state index < -0.39 is 23.2 Å². The maximum absolute atomic E-state index is 13.2. The monoisotopic (exact) mass is 673 g/mol. The number of piperidine rings is 1. The third-order valence-corrected chi connectivity index (χ3v) is 12.4. The summed E-state index contributed by atoms with van der Waals surface area (Å²) in [5.41, 5.74) is 7.81. The Hall–Kier alpha value is -4.51. The van der Waals surface area contributed by atoms with Crippen molar-refractivity contribution in [3.8, 4) is 11.1 Å². The van der Waals surface area contributed by atoms with Crippen LogP contribution in [0, 0.1) is 25.2 Å². The number of aryl methyl sites for hydroxylation is 2. The number of hydrazone groups is 1. The number of benzene rings is 2. The Labute approximate surface area is 291 Å². The molecular weight excluding hydrogens is 630 g/mol. The number of rotatable bonds is 3. The number of nitrogens with one attached hydrogen (secondary N) is 1. The Bertz CT molecular complexity index is 2040. The zero-order valence-electron chi connectivity index (χ0n) is 29.1. The highest BCUT2D eigenvalue weighted by Crippen LogP contribution is 2.70. The molecule has 0 radical (unpaired) electrons. The van der Waals surface area contributed by atoms with Crippen LogP contribution in [-0.2, 0) is 16.8 Å². The molecule has 7 atom stereocenters. The second-order valence-corrected chi connectivity index (χ2v) is 15.0. The molecule has 3 aliphatic heterocycles. The predicted octanol–water partition coefficient (Wildman–Crippen LogP) is 5.67. The van der Waals surface area contributed by atoms with Gasteiger partial charge in [0.05, 0.1) is 29.7 Å². The number of ether oxygens (including phenoxy) is 1. The molecule has 3 aliphatic carbocycles. The lowest BCUT2D eigenvalue weighted by Crippen LogP contribution is -2.61. The molecule has 1 unspecified atom stereocenters. The van der Waals surface area contributed by atoms with Crippen LogP contribution in [0.2, 0.25) is 0 Å². The van der Waals surface area contributed by atoms with E-state index in [0.717, 1.165) is 69.8 Å². The Morgan fingerprint density at radius 2 is 1.86 bits per heavy atom. The zero-order chi connectivity index (χ0) is 34.7. The highest BCUT2D eigenvalue weighted by Gasteiger charge is 2.71. The van der Waals surface area contributed by atoms with E-state index in [0.29, 0.717) is 24.6 Å². The minimum absolute atomic E-state index is 0.178. The number of aromatic nitrogens is 1. The number of amides is 2. The minimum Gasteiger partial charge on any atom is -0.509 e. The quantitative estimate of drug-likeness (QED) is 0.306. The summed E-state index contributed by atoms with van der Waals surface area (Å²) in [5, 5.41) is 37.1. The smallest absolute Gasteiger partial charge is 0.337 e. The number of aliphatic hydroxyl groups excluding tert-OH is 2. The van der Waals surface area contributed by atoms with E-state index in [2.05, 4.69) is 46.7 Å². The summed E-state index contributed by atoms with van der Waals surface area (Å²) in [6.45, 7) is 6.74. The van der Waals surface area contributed by atoms with E-state index in [9.17, 15) is 15.0 Å². The molecule has 3 aromatic rings. The van der Waals surface area contributed by atoms with Crippen LogP contribution in [0.15, 0.2) is 87.2 Å². The lowest BCUT2D eigenvalue weighted by Gasteiger charge is -2.58. The van der Waals surface area contributed by atoms with E-state index in [1.165, 1.54) is 10.6 Å². The molecule has 6 aliphatic rings. The van der Waals surface area contributed by atoms with Gasteiger partial charge in [0, 0.05) is 41.1 Å². The van der Waals surface area contributed by atoms with Crippen LogP contribution in [-0.4, -0.2) is 82.0 Å². The number of likely N-dealkylation sites (tertiary alicyclic amines) is 1. The normalized spacial score (nSPS) is 32.6. The number of carbonyl (C=O) groups is 1. The molecule has 2 amide bonds. The first kappa shape index (κ1) is 31.5. The second-order valence-electron chi connectivity index (χ2n) is 15.0. The van der Waals surface area contributed by atoms with Gasteiger partial charge in [0.25, 0.3) is 0 Å². The summed E-state index contributed by atoms with van der Waals surface area (Å²) in [5.74, 6) is 1.11. The number of hydrogen-bond donors (Lipinski definition) is 3. The number of aliphatic hydroxyl groups is 2. The molecular formula is C40H43N5O5. The number of carbonyl (C=O) groups excluding carboxylic acids is 1. The lowest BCUT2D eigenvalue weighted by molar-refractivity contribution is -0.121. The van der Waals surface area contributed by atoms with Crippen molar-refractivity contribution in [1.82, 2.24) is 20.4 Å². The number of urea groups is 1. The van der Waals surface area contributed by atoms with Gasteiger partial charge in [-0.3, -0.25) is 0 Å². The van der Waals surface area contributed by atoms with Crippen molar-refractivity contribution in [2.24, 2.45) is 16.4 Å². The average molecular weight is 674 g/mol. The van der Waals surface area contributed by atoms with E-state index in [4.69, 9.17) is 14.4 Å². The first-order chi connectivity index (χ1) is 24.1. The fraction of sp³-hybridized carbons (Fsp3) is 0.425. The third-order valence-electron chi connectivity index (χ3n) is 12.4. The third kappa shape index (κ3) is 4.09. The van der Waals surface area contributed by atoms with Crippen molar-refractivity contribution < 1.29 is 24.3 Å². The molecule has 3 N–H and O–H groups in total. The van der Waals surface area contributed by atoms with Crippen molar-refractivity contribution in [2.45, 2.75) is 76.3 Å². The molecule has 9 rings (SSSR count). The van der Waals surface area contributed by atoms with E-state index in [1.54, 1.807) is 7.05 Å². The topological polar surface area (TPSA) is 124 Å². The first-order valence-corrected chi connectivity index (χ1v) is 17.7.